The minimum absolute atomic E-state index is 0.310. The molecule has 2 unspecified atom stereocenters. The van der Waals surface area contributed by atoms with Crippen molar-refractivity contribution in [3.63, 3.8) is 0 Å². The van der Waals surface area contributed by atoms with Crippen LogP contribution in [0.1, 0.15) is 71.6 Å². The van der Waals surface area contributed by atoms with E-state index in [0.717, 1.165) is 13.0 Å². The number of carbonyl (C=O) groups is 1. The van der Waals surface area contributed by atoms with E-state index >= 15 is 0 Å². The first-order chi connectivity index (χ1) is 8.29. The molecule has 0 radical (unpaired) electrons. The van der Waals surface area contributed by atoms with Crippen LogP contribution in [0.5, 0.6) is 0 Å². The molecule has 2 nitrogen and oxygen atoms in total. The van der Waals surface area contributed by atoms with Gasteiger partial charge in [-0.05, 0) is 31.6 Å². The third-order valence-corrected chi connectivity index (χ3v) is 3.98. The zero-order valence-electron chi connectivity index (χ0n) is 11.6. The summed E-state index contributed by atoms with van der Waals surface area (Å²) in [4.78, 5) is 11.9. The third kappa shape index (κ3) is 5.10. The van der Waals surface area contributed by atoms with E-state index < -0.39 is 0 Å². The Bertz CT molecular complexity index is 215. The summed E-state index contributed by atoms with van der Waals surface area (Å²) in [5, 5.41) is 3.03. The number of carbonyl (C=O) groups excluding carboxylic acids is 1. The van der Waals surface area contributed by atoms with Crippen molar-refractivity contribution in [1.82, 2.24) is 5.32 Å². The van der Waals surface area contributed by atoms with Crippen LogP contribution in [0.15, 0.2) is 0 Å². The number of unbranched alkanes of at least 4 members (excludes halogenated alkanes) is 3. The van der Waals surface area contributed by atoms with Gasteiger partial charge in [0.25, 0.3) is 0 Å². The first-order valence-electron chi connectivity index (χ1n) is 7.57. The average molecular weight is 239 g/mol. The molecule has 0 aliphatic carbocycles. The zero-order chi connectivity index (χ0) is 12.5. The SMILES string of the molecule is CCCCCCC(CCC)C1CCCNC1=O. The summed E-state index contributed by atoms with van der Waals surface area (Å²) in [6.45, 7) is 5.38. The standard InChI is InChI=1S/C15H29NO/c1-3-5-6-7-10-13(9-4-2)14-11-8-12-16-15(14)17/h13-14H,3-12H2,1-2H3,(H,16,17). The summed E-state index contributed by atoms with van der Waals surface area (Å²) in [6, 6.07) is 0. The van der Waals surface area contributed by atoms with Crippen LogP contribution in [0.4, 0.5) is 0 Å². The smallest absolute Gasteiger partial charge is 0.223 e. The predicted octanol–water partition coefficient (Wildman–Crippen LogP) is 3.90. The first kappa shape index (κ1) is 14.5. The highest BCUT2D eigenvalue weighted by Gasteiger charge is 2.29. The molecule has 0 aromatic rings. The highest BCUT2D eigenvalue weighted by molar-refractivity contribution is 5.79. The van der Waals surface area contributed by atoms with Gasteiger partial charge in [0.15, 0.2) is 0 Å². The number of nitrogens with one attached hydrogen (secondary N) is 1. The average Bonchev–Trinajstić information content (AvgIpc) is 2.34. The second-order valence-corrected chi connectivity index (χ2v) is 5.44. The van der Waals surface area contributed by atoms with Crippen molar-refractivity contribution >= 4 is 5.91 Å². The van der Waals surface area contributed by atoms with Crippen LogP contribution in [-0.2, 0) is 4.79 Å². The Kier molecular flexibility index (Phi) is 7.30. The highest BCUT2D eigenvalue weighted by atomic mass is 16.1. The van der Waals surface area contributed by atoms with Crippen LogP contribution in [0.3, 0.4) is 0 Å². The summed E-state index contributed by atoms with van der Waals surface area (Å²) >= 11 is 0. The molecule has 1 rings (SSSR count). The summed E-state index contributed by atoms with van der Waals surface area (Å²) in [5.41, 5.74) is 0. The Morgan fingerprint density at radius 2 is 2.00 bits per heavy atom. The molecule has 1 fully saturated rings. The van der Waals surface area contributed by atoms with Crippen molar-refractivity contribution in [2.24, 2.45) is 11.8 Å². The van der Waals surface area contributed by atoms with Gasteiger partial charge in [0, 0.05) is 12.5 Å². The maximum Gasteiger partial charge on any atom is 0.223 e. The molecule has 0 spiro atoms. The molecule has 17 heavy (non-hydrogen) atoms. The summed E-state index contributed by atoms with van der Waals surface area (Å²) in [7, 11) is 0. The van der Waals surface area contributed by atoms with E-state index in [1.165, 1.54) is 51.4 Å². The fourth-order valence-electron chi connectivity index (χ4n) is 3.00. The molecule has 100 valence electrons. The second-order valence-electron chi connectivity index (χ2n) is 5.44. The van der Waals surface area contributed by atoms with Gasteiger partial charge in [-0.1, -0.05) is 46.0 Å². The largest absolute Gasteiger partial charge is 0.356 e. The fourth-order valence-corrected chi connectivity index (χ4v) is 3.00. The van der Waals surface area contributed by atoms with Gasteiger partial charge in [0.2, 0.25) is 5.91 Å². The fraction of sp³-hybridized carbons (Fsp3) is 0.933. The van der Waals surface area contributed by atoms with E-state index in [-0.39, 0.29) is 0 Å². The quantitative estimate of drug-likeness (QED) is 0.639. The van der Waals surface area contributed by atoms with Gasteiger partial charge in [-0.15, -0.1) is 0 Å². The number of amides is 1. The summed E-state index contributed by atoms with van der Waals surface area (Å²) in [6.07, 6.45) is 11.3. The molecule has 0 aromatic carbocycles. The Morgan fingerprint density at radius 3 is 2.65 bits per heavy atom. The van der Waals surface area contributed by atoms with Crippen molar-refractivity contribution in [3.8, 4) is 0 Å². The Balaban J connectivity index is 2.37. The van der Waals surface area contributed by atoms with E-state index in [4.69, 9.17) is 0 Å². The molecule has 0 aromatic heterocycles. The minimum atomic E-state index is 0.310. The van der Waals surface area contributed by atoms with E-state index in [2.05, 4.69) is 19.2 Å². The number of piperidine rings is 1. The van der Waals surface area contributed by atoms with Crippen LogP contribution >= 0.6 is 0 Å². The molecular weight excluding hydrogens is 210 g/mol. The summed E-state index contributed by atoms with van der Waals surface area (Å²) in [5.74, 6) is 1.27. The lowest BCUT2D eigenvalue weighted by Crippen LogP contribution is -2.40. The van der Waals surface area contributed by atoms with Gasteiger partial charge in [-0.25, -0.2) is 0 Å². The van der Waals surface area contributed by atoms with Crippen molar-refractivity contribution in [3.05, 3.63) is 0 Å². The van der Waals surface area contributed by atoms with Gasteiger partial charge in [-0.3, -0.25) is 4.79 Å². The van der Waals surface area contributed by atoms with Gasteiger partial charge >= 0.3 is 0 Å². The molecule has 1 aliphatic heterocycles. The van der Waals surface area contributed by atoms with Crippen molar-refractivity contribution in [1.29, 1.82) is 0 Å². The normalized spacial score (nSPS) is 22.2. The van der Waals surface area contributed by atoms with Gasteiger partial charge in [-0.2, -0.15) is 0 Å². The van der Waals surface area contributed by atoms with Crippen molar-refractivity contribution in [2.45, 2.75) is 71.6 Å². The number of hydrogen-bond donors (Lipinski definition) is 1. The minimum Gasteiger partial charge on any atom is -0.356 e. The maximum absolute atomic E-state index is 11.9. The maximum atomic E-state index is 11.9. The lowest BCUT2D eigenvalue weighted by Gasteiger charge is -2.29. The zero-order valence-corrected chi connectivity index (χ0v) is 11.6. The first-order valence-corrected chi connectivity index (χ1v) is 7.57. The monoisotopic (exact) mass is 239 g/mol. The van der Waals surface area contributed by atoms with Gasteiger partial charge < -0.3 is 5.32 Å². The molecule has 1 saturated heterocycles. The summed E-state index contributed by atoms with van der Waals surface area (Å²) < 4.78 is 0. The Morgan fingerprint density at radius 1 is 1.18 bits per heavy atom. The van der Waals surface area contributed by atoms with Gasteiger partial charge in [0.05, 0.1) is 0 Å². The number of rotatable bonds is 8. The predicted molar refractivity (Wildman–Crippen MR) is 72.9 cm³/mol. The topological polar surface area (TPSA) is 29.1 Å². The van der Waals surface area contributed by atoms with E-state index in [1.807, 2.05) is 0 Å². The Hall–Kier alpha value is -0.530. The van der Waals surface area contributed by atoms with Crippen molar-refractivity contribution < 1.29 is 4.79 Å². The van der Waals surface area contributed by atoms with Gasteiger partial charge in [0.1, 0.15) is 0 Å². The lowest BCUT2D eigenvalue weighted by molar-refractivity contribution is -0.128. The lowest BCUT2D eigenvalue weighted by atomic mass is 9.80. The van der Waals surface area contributed by atoms with Crippen molar-refractivity contribution in [2.75, 3.05) is 6.54 Å². The van der Waals surface area contributed by atoms with E-state index in [1.54, 1.807) is 0 Å². The molecular formula is C15H29NO. The van der Waals surface area contributed by atoms with Crippen LogP contribution in [-0.4, -0.2) is 12.5 Å². The highest BCUT2D eigenvalue weighted by Crippen LogP contribution is 2.29. The van der Waals surface area contributed by atoms with Crippen LogP contribution < -0.4 is 5.32 Å². The molecule has 0 saturated carbocycles. The molecule has 0 bridgehead atoms. The van der Waals surface area contributed by atoms with E-state index in [0.29, 0.717) is 17.7 Å². The number of hydrogen-bond acceptors (Lipinski definition) is 1. The molecule has 2 atom stereocenters. The molecule has 1 aliphatic rings. The molecule has 2 heteroatoms. The van der Waals surface area contributed by atoms with E-state index in [9.17, 15) is 4.79 Å². The second kappa shape index (κ2) is 8.54. The Labute approximate surface area is 107 Å². The van der Waals surface area contributed by atoms with Crippen LogP contribution in [0, 0.1) is 11.8 Å². The third-order valence-electron chi connectivity index (χ3n) is 3.98. The van der Waals surface area contributed by atoms with Crippen LogP contribution in [0.2, 0.25) is 0 Å². The molecule has 1 heterocycles. The van der Waals surface area contributed by atoms with Crippen LogP contribution in [0.25, 0.3) is 0 Å². The molecule has 1 amide bonds. The molecule has 1 N–H and O–H groups in total.